The van der Waals surface area contributed by atoms with E-state index in [1.807, 2.05) is 20.2 Å². The number of aliphatic imine (C=N–C) groups is 1. The number of benzene rings is 1. The Hall–Kier alpha value is -2.19. The second kappa shape index (κ2) is 10.9. The maximum Gasteiger partial charge on any atom is 0.230 e. The molecule has 1 aromatic rings. The Morgan fingerprint density at radius 3 is 2.58 bits per heavy atom. The number of hydrogen-bond acceptors (Lipinski definition) is 4. The minimum absolute atomic E-state index is 0.00185. The fourth-order valence-electron chi connectivity index (χ4n) is 4.72. The number of rotatable bonds is 7. The first-order chi connectivity index (χ1) is 14.9. The maximum atomic E-state index is 13.9. The van der Waals surface area contributed by atoms with E-state index in [9.17, 15) is 9.18 Å². The van der Waals surface area contributed by atoms with Crippen molar-refractivity contribution in [2.45, 2.75) is 31.7 Å². The monoisotopic (exact) mass is 433 g/mol. The fraction of sp³-hybridized carbons (Fsp3) is 0.652. The van der Waals surface area contributed by atoms with Crippen LogP contribution in [0.3, 0.4) is 0 Å². The first kappa shape index (κ1) is 23.5. The molecule has 1 aliphatic carbocycles. The van der Waals surface area contributed by atoms with Crippen LogP contribution >= 0.6 is 0 Å². The lowest BCUT2D eigenvalue weighted by Crippen LogP contribution is -2.50. The van der Waals surface area contributed by atoms with Crippen LogP contribution in [0.1, 0.15) is 37.3 Å². The van der Waals surface area contributed by atoms with Gasteiger partial charge in [-0.15, -0.1) is 0 Å². The van der Waals surface area contributed by atoms with E-state index in [1.54, 1.807) is 24.1 Å². The molecule has 31 heavy (non-hydrogen) atoms. The van der Waals surface area contributed by atoms with Gasteiger partial charge in [-0.2, -0.15) is 0 Å². The molecule has 3 rings (SSSR count). The maximum absolute atomic E-state index is 13.9. The first-order valence-corrected chi connectivity index (χ1v) is 11.2. The zero-order valence-electron chi connectivity index (χ0n) is 19.0. The van der Waals surface area contributed by atoms with Crippen molar-refractivity contribution in [3.63, 3.8) is 0 Å². The summed E-state index contributed by atoms with van der Waals surface area (Å²) < 4.78 is 19.4. The predicted octanol–water partition coefficient (Wildman–Crippen LogP) is 2.01. The van der Waals surface area contributed by atoms with Crippen molar-refractivity contribution in [1.82, 2.24) is 20.4 Å². The van der Waals surface area contributed by atoms with Crippen LogP contribution in [0.25, 0.3) is 0 Å². The van der Waals surface area contributed by atoms with Crippen molar-refractivity contribution < 1.29 is 13.9 Å². The van der Waals surface area contributed by atoms with Crippen LogP contribution in [-0.2, 0) is 9.53 Å². The summed E-state index contributed by atoms with van der Waals surface area (Å²) in [6.45, 7) is 4.09. The van der Waals surface area contributed by atoms with E-state index in [0.717, 1.165) is 44.3 Å². The Morgan fingerprint density at radius 1 is 1.26 bits per heavy atom. The second-order valence-corrected chi connectivity index (χ2v) is 8.71. The molecule has 7 nitrogen and oxygen atoms in total. The van der Waals surface area contributed by atoms with Crippen molar-refractivity contribution in [2.75, 3.05) is 60.5 Å². The third kappa shape index (κ3) is 5.95. The second-order valence-electron chi connectivity index (χ2n) is 8.71. The van der Waals surface area contributed by atoms with Crippen LogP contribution < -0.4 is 10.6 Å². The Bertz CT molecular complexity index is 758. The van der Waals surface area contributed by atoms with E-state index in [0.29, 0.717) is 32.3 Å². The Morgan fingerprint density at radius 2 is 1.97 bits per heavy atom. The standard InChI is InChI=1S/C23H36FN5O2/c1-25-22(27-17-23(9-4-5-10-23)21(30)28(2)3)26-16-20(29-11-13-31-14-12-29)18-7-6-8-19(24)15-18/h6-8,15,20H,4-5,9-14,16-17H2,1-3H3,(H2,25,26,27). The third-order valence-electron chi connectivity index (χ3n) is 6.42. The lowest BCUT2D eigenvalue weighted by molar-refractivity contribution is -0.138. The molecule has 0 bridgehead atoms. The van der Waals surface area contributed by atoms with Gasteiger partial charge in [0.05, 0.1) is 24.7 Å². The minimum atomic E-state index is -0.368. The zero-order valence-corrected chi connectivity index (χ0v) is 19.0. The van der Waals surface area contributed by atoms with Crippen molar-refractivity contribution in [3.05, 3.63) is 35.6 Å². The Labute approximate surface area is 185 Å². The van der Waals surface area contributed by atoms with Crippen molar-refractivity contribution in [1.29, 1.82) is 0 Å². The number of morpholine rings is 1. The van der Waals surface area contributed by atoms with Gasteiger partial charge < -0.3 is 20.3 Å². The van der Waals surface area contributed by atoms with Gasteiger partial charge in [-0.1, -0.05) is 25.0 Å². The van der Waals surface area contributed by atoms with Crippen molar-refractivity contribution >= 4 is 11.9 Å². The summed E-state index contributed by atoms with van der Waals surface area (Å²) >= 11 is 0. The Kier molecular flexibility index (Phi) is 8.26. The van der Waals surface area contributed by atoms with Gasteiger partial charge in [0.15, 0.2) is 5.96 Å². The number of nitrogens with zero attached hydrogens (tertiary/aromatic N) is 3. The van der Waals surface area contributed by atoms with E-state index in [1.165, 1.54) is 6.07 Å². The SMILES string of the molecule is CN=C(NCC(c1cccc(F)c1)N1CCOCC1)NCC1(C(=O)N(C)C)CCCC1. The molecule has 1 aliphatic heterocycles. The molecular weight excluding hydrogens is 397 g/mol. The van der Waals surface area contributed by atoms with Gasteiger partial charge in [-0.25, -0.2) is 4.39 Å². The summed E-state index contributed by atoms with van der Waals surface area (Å²) in [5, 5.41) is 6.79. The molecule has 172 valence electrons. The van der Waals surface area contributed by atoms with Gasteiger partial charge in [-0.05, 0) is 30.5 Å². The van der Waals surface area contributed by atoms with Gasteiger partial charge in [-0.3, -0.25) is 14.7 Å². The van der Waals surface area contributed by atoms with Crippen LogP contribution in [0.5, 0.6) is 0 Å². The fourth-order valence-corrected chi connectivity index (χ4v) is 4.72. The highest BCUT2D eigenvalue weighted by atomic mass is 19.1. The zero-order chi connectivity index (χ0) is 22.3. The van der Waals surface area contributed by atoms with E-state index in [-0.39, 0.29) is 23.2 Å². The number of halogens is 1. The van der Waals surface area contributed by atoms with Crippen molar-refractivity contribution in [2.24, 2.45) is 10.4 Å². The van der Waals surface area contributed by atoms with Crippen molar-refractivity contribution in [3.8, 4) is 0 Å². The first-order valence-electron chi connectivity index (χ1n) is 11.2. The number of ether oxygens (including phenoxy) is 1. The largest absolute Gasteiger partial charge is 0.379 e. The van der Waals surface area contributed by atoms with Gasteiger partial charge >= 0.3 is 0 Å². The summed E-state index contributed by atoms with van der Waals surface area (Å²) in [6.07, 6.45) is 3.94. The van der Waals surface area contributed by atoms with Gasteiger partial charge in [0.25, 0.3) is 0 Å². The molecule has 1 aromatic carbocycles. The molecule has 1 saturated heterocycles. The molecule has 1 amide bonds. The topological polar surface area (TPSA) is 69.2 Å². The average Bonchev–Trinajstić information content (AvgIpc) is 3.26. The molecule has 2 fully saturated rings. The minimum Gasteiger partial charge on any atom is -0.379 e. The smallest absolute Gasteiger partial charge is 0.230 e. The summed E-state index contributed by atoms with van der Waals surface area (Å²) in [5.74, 6) is 0.607. The molecule has 0 aromatic heterocycles. The summed E-state index contributed by atoms with van der Waals surface area (Å²) in [4.78, 5) is 21.2. The molecule has 0 spiro atoms. The van der Waals surface area contributed by atoms with E-state index in [2.05, 4.69) is 20.5 Å². The van der Waals surface area contributed by atoms with Crippen LogP contribution in [0.4, 0.5) is 4.39 Å². The van der Waals surface area contributed by atoms with Crippen LogP contribution in [0, 0.1) is 11.2 Å². The Balaban J connectivity index is 1.65. The summed E-state index contributed by atoms with van der Waals surface area (Å²) in [6, 6.07) is 6.78. The van der Waals surface area contributed by atoms with E-state index in [4.69, 9.17) is 4.74 Å². The molecule has 1 unspecified atom stereocenters. The number of carbonyl (C=O) groups is 1. The predicted molar refractivity (Wildman–Crippen MR) is 120 cm³/mol. The van der Waals surface area contributed by atoms with Crippen LogP contribution in [0.15, 0.2) is 29.3 Å². The molecule has 0 radical (unpaired) electrons. The summed E-state index contributed by atoms with van der Waals surface area (Å²) in [5.41, 5.74) is 0.563. The van der Waals surface area contributed by atoms with E-state index < -0.39 is 0 Å². The lowest BCUT2D eigenvalue weighted by Gasteiger charge is -2.35. The average molecular weight is 434 g/mol. The molecule has 8 heteroatoms. The highest BCUT2D eigenvalue weighted by Gasteiger charge is 2.42. The summed E-state index contributed by atoms with van der Waals surface area (Å²) in [7, 11) is 5.37. The molecule has 1 atom stereocenters. The molecule has 1 heterocycles. The quantitative estimate of drug-likeness (QED) is 0.509. The highest BCUT2D eigenvalue weighted by Crippen LogP contribution is 2.38. The number of hydrogen-bond donors (Lipinski definition) is 2. The number of carbonyl (C=O) groups excluding carboxylic acids is 1. The molecule has 1 saturated carbocycles. The van der Waals surface area contributed by atoms with Crippen LogP contribution in [-0.4, -0.2) is 82.2 Å². The third-order valence-corrected chi connectivity index (χ3v) is 6.42. The number of nitrogens with one attached hydrogen (secondary N) is 2. The van der Waals surface area contributed by atoms with Gasteiger partial charge in [0, 0.05) is 47.3 Å². The molecule has 2 aliphatic rings. The molecule has 2 N–H and O–H groups in total. The van der Waals surface area contributed by atoms with Gasteiger partial charge in [0.2, 0.25) is 5.91 Å². The normalized spacial score (nSPS) is 20.3. The lowest BCUT2D eigenvalue weighted by atomic mass is 9.84. The highest BCUT2D eigenvalue weighted by molar-refractivity contribution is 5.85. The molecular formula is C23H36FN5O2. The number of guanidine groups is 1. The van der Waals surface area contributed by atoms with Gasteiger partial charge in [0.1, 0.15) is 5.82 Å². The van der Waals surface area contributed by atoms with Crippen LogP contribution in [0.2, 0.25) is 0 Å². The number of amides is 1. The van der Waals surface area contributed by atoms with E-state index >= 15 is 0 Å².